The lowest BCUT2D eigenvalue weighted by molar-refractivity contribution is -0.386. The lowest BCUT2D eigenvalue weighted by atomic mass is 10.1. The second-order valence-electron chi connectivity index (χ2n) is 4.55. The molecule has 21 heavy (non-hydrogen) atoms. The van der Waals surface area contributed by atoms with Gasteiger partial charge in [0.15, 0.2) is 0 Å². The molecule has 0 amide bonds. The number of hydrogen-bond acceptors (Lipinski definition) is 5. The van der Waals surface area contributed by atoms with E-state index in [9.17, 15) is 10.1 Å². The van der Waals surface area contributed by atoms with Crippen LogP contribution in [0.5, 0.6) is 11.6 Å². The third kappa shape index (κ3) is 3.19. The van der Waals surface area contributed by atoms with Crippen LogP contribution in [0, 0.1) is 10.1 Å². The first-order valence-electron chi connectivity index (χ1n) is 6.64. The van der Waals surface area contributed by atoms with Crippen molar-refractivity contribution < 1.29 is 14.8 Å². The van der Waals surface area contributed by atoms with E-state index in [1.807, 2.05) is 19.1 Å². The quantitative estimate of drug-likeness (QED) is 0.651. The zero-order valence-electron chi connectivity index (χ0n) is 11.9. The largest absolute Gasteiger partial charge is 0.434 e. The van der Waals surface area contributed by atoms with E-state index in [4.69, 9.17) is 9.84 Å². The molecule has 7 heteroatoms. The molecule has 0 aliphatic carbocycles. The molecule has 1 heterocycles. The van der Waals surface area contributed by atoms with Crippen LogP contribution in [-0.4, -0.2) is 26.4 Å². The number of rotatable bonds is 6. The van der Waals surface area contributed by atoms with Crippen molar-refractivity contribution in [3.05, 3.63) is 45.6 Å². The van der Waals surface area contributed by atoms with E-state index in [-0.39, 0.29) is 18.2 Å². The maximum atomic E-state index is 11.2. The maximum Gasteiger partial charge on any atom is 0.353 e. The Labute approximate surface area is 121 Å². The Bertz CT molecular complexity index is 634. The summed E-state index contributed by atoms with van der Waals surface area (Å²) < 4.78 is 6.99. The van der Waals surface area contributed by atoms with Crippen LogP contribution in [0.2, 0.25) is 0 Å². The highest BCUT2D eigenvalue weighted by Gasteiger charge is 2.27. The van der Waals surface area contributed by atoms with Crippen LogP contribution in [0.3, 0.4) is 0 Å². The van der Waals surface area contributed by atoms with Gasteiger partial charge in [0.25, 0.3) is 5.88 Å². The van der Waals surface area contributed by atoms with Gasteiger partial charge in [-0.1, -0.05) is 19.1 Å². The highest BCUT2D eigenvalue weighted by molar-refractivity contribution is 5.48. The molecule has 0 fully saturated rings. The van der Waals surface area contributed by atoms with E-state index in [0.717, 1.165) is 5.56 Å². The summed E-state index contributed by atoms with van der Waals surface area (Å²) in [6, 6.07) is 7.06. The summed E-state index contributed by atoms with van der Waals surface area (Å²) >= 11 is 0. The minimum absolute atomic E-state index is 0.0767. The Hall–Kier alpha value is -2.41. The van der Waals surface area contributed by atoms with Crippen LogP contribution < -0.4 is 4.74 Å². The fourth-order valence-corrected chi connectivity index (χ4v) is 2.05. The average molecular weight is 291 g/mol. The molecule has 1 aromatic carbocycles. The van der Waals surface area contributed by atoms with Gasteiger partial charge < -0.3 is 9.84 Å². The Kier molecular flexibility index (Phi) is 4.54. The summed E-state index contributed by atoms with van der Waals surface area (Å²) in [5.41, 5.74) is 1.27. The first-order valence-corrected chi connectivity index (χ1v) is 6.64. The lowest BCUT2D eigenvalue weighted by Crippen LogP contribution is -1.98. The molecule has 0 saturated heterocycles. The van der Waals surface area contributed by atoms with Gasteiger partial charge in [0, 0.05) is 13.7 Å². The number of aliphatic hydroxyl groups excluding tert-OH is 1. The number of benzene rings is 1. The fourth-order valence-electron chi connectivity index (χ4n) is 2.05. The summed E-state index contributed by atoms with van der Waals surface area (Å²) in [5, 5.41) is 24.2. The number of hydrogen-bond donors (Lipinski definition) is 1. The zero-order valence-corrected chi connectivity index (χ0v) is 11.9. The number of ether oxygens (including phenoxy) is 1. The van der Waals surface area contributed by atoms with E-state index in [2.05, 4.69) is 5.10 Å². The number of nitro groups is 1. The minimum Gasteiger partial charge on any atom is -0.434 e. The minimum atomic E-state index is -0.471. The van der Waals surface area contributed by atoms with Gasteiger partial charge in [-0.05, 0) is 30.5 Å². The second-order valence-corrected chi connectivity index (χ2v) is 4.55. The zero-order chi connectivity index (χ0) is 15.4. The van der Waals surface area contributed by atoms with Crippen LogP contribution in [0.25, 0.3) is 0 Å². The predicted molar refractivity (Wildman–Crippen MR) is 76.5 cm³/mol. The molecule has 0 unspecified atom stereocenters. The molecule has 0 spiro atoms. The summed E-state index contributed by atoms with van der Waals surface area (Å²) in [6.45, 7) is 1.88. The Morgan fingerprint density at radius 1 is 1.38 bits per heavy atom. The van der Waals surface area contributed by atoms with Gasteiger partial charge in [0.1, 0.15) is 11.4 Å². The van der Waals surface area contributed by atoms with Gasteiger partial charge in [0.2, 0.25) is 0 Å². The molecule has 0 aliphatic heterocycles. The van der Waals surface area contributed by atoms with Gasteiger partial charge in [-0.3, -0.25) is 10.1 Å². The van der Waals surface area contributed by atoms with E-state index in [1.54, 1.807) is 19.2 Å². The van der Waals surface area contributed by atoms with Crippen molar-refractivity contribution in [2.75, 3.05) is 6.61 Å². The maximum absolute atomic E-state index is 11.2. The average Bonchev–Trinajstić information content (AvgIpc) is 2.78. The van der Waals surface area contributed by atoms with Crippen LogP contribution >= 0.6 is 0 Å². The smallest absolute Gasteiger partial charge is 0.353 e. The number of aliphatic hydroxyl groups is 1. The van der Waals surface area contributed by atoms with Crippen LogP contribution in [-0.2, 0) is 19.9 Å². The molecule has 0 aliphatic rings. The molecule has 0 atom stereocenters. The van der Waals surface area contributed by atoms with Crippen LogP contribution in [0.4, 0.5) is 5.69 Å². The summed E-state index contributed by atoms with van der Waals surface area (Å²) in [4.78, 5) is 10.7. The van der Waals surface area contributed by atoms with E-state index in [1.165, 1.54) is 4.68 Å². The Morgan fingerprint density at radius 3 is 2.57 bits per heavy atom. The van der Waals surface area contributed by atoms with E-state index < -0.39 is 4.92 Å². The monoisotopic (exact) mass is 291 g/mol. The summed E-state index contributed by atoms with van der Waals surface area (Å²) in [7, 11) is 1.61. The molecule has 2 rings (SSSR count). The first-order chi connectivity index (χ1) is 10.1. The molecule has 0 bridgehead atoms. The highest BCUT2D eigenvalue weighted by Crippen LogP contribution is 2.34. The molecule has 2 aromatic rings. The van der Waals surface area contributed by atoms with Crippen LogP contribution in [0.1, 0.15) is 18.2 Å². The van der Waals surface area contributed by atoms with Gasteiger partial charge >= 0.3 is 5.69 Å². The second kappa shape index (κ2) is 6.36. The number of aromatic nitrogens is 2. The molecular weight excluding hydrogens is 274 g/mol. The molecule has 0 saturated carbocycles. The molecule has 7 nitrogen and oxygen atoms in total. The van der Waals surface area contributed by atoms with Crippen molar-refractivity contribution >= 4 is 5.69 Å². The Balaban J connectivity index is 2.30. The van der Waals surface area contributed by atoms with Gasteiger partial charge in [-0.25, -0.2) is 4.68 Å². The summed E-state index contributed by atoms with van der Waals surface area (Å²) in [5.74, 6) is 0.609. The van der Waals surface area contributed by atoms with Crippen molar-refractivity contribution in [2.45, 2.75) is 19.8 Å². The predicted octanol–water partition coefficient (Wildman–Crippen LogP) is 2.22. The van der Waals surface area contributed by atoms with E-state index >= 15 is 0 Å². The Morgan fingerprint density at radius 2 is 2.05 bits per heavy atom. The van der Waals surface area contributed by atoms with Crippen molar-refractivity contribution in [1.29, 1.82) is 0 Å². The first kappa shape index (κ1) is 15.0. The van der Waals surface area contributed by atoms with Crippen molar-refractivity contribution in [3.8, 4) is 11.6 Å². The van der Waals surface area contributed by atoms with Gasteiger partial charge in [-0.2, -0.15) is 5.10 Å². The van der Waals surface area contributed by atoms with Gasteiger partial charge in [-0.15, -0.1) is 0 Å². The summed E-state index contributed by atoms with van der Waals surface area (Å²) in [6.07, 6.45) is 1.02. The molecular formula is C14H17N3O4. The molecule has 1 aromatic heterocycles. The van der Waals surface area contributed by atoms with Gasteiger partial charge in [0.05, 0.1) is 4.92 Å². The van der Waals surface area contributed by atoms with Crippen molar-refractivity contribution in [1.82, 2.24) is 9.78 Å². The third-order valence-corrected chi connectivity index (χ3v) is 3.10. The number of nitrogens with zero attached hydrogens (tertiary/aromatic N) is 3. The topological polar surface area (TPSA) is 90.4 Å². The molecule has 112 valence electrons. The third-order valence-electron chi connectivity index (χ3n) is 3.10. The highest BCUT2D eigenvalue weighted by atomic mass is 16.6. The molecule has 0 radical (unpaired) electrons. The van der Waals surface area contributed by atoms with Crippen molar-refractivity contribution in [2.24, 2.45) is 7.05 Å². The lowest BCUT2D eigenvalue weighted by Gasteiger charge is -2.06. The van der Waals surface area contributed by atoms with E-state index in [0.29, 0.717) is 24.3 Å². The van der Waals surface area contributed by atoms with Crippen molar-refractivity contribution in [3.63, 3.8) is 0 Å². The number of aryl methyl sites for hydroxylation is 2. The fraction of sp³-hybridized carbons (Fsp3) is 0.357. The van der Waals surface area contributed by atoms with Crippen LogP contribution in [0.15, 0.2) is 24.3 Å². The SMILES string of the molecule is CCc1nn(C)c(Oc2ccc(CCO)cc2)c1[N+](=O)[O-]. The normalized spacial score (nSPS) is 10.6. The standard InChI is InChI=1S/C14H17N3O4/c1-3-12-13(17(19)20)14(16(2)15-12)21-11-6-4-10(5-7-11)8-9-18/h4-7,18H,3,8-9H2,1-2H3. The molecule has 1 N–H and O–H groups in total.